The van der Waals surface area contributed by atoms with Crippen molar-refractivity contribution in [1.82, 2.24) is 19.5 Å². The first-order valence-corrected chi connectivity index (χ1v) is 9.83. The summed E-state index contributed by atoms with van der Waals surface area (Å²) < 4.78 is 4.15. The molecule has 0 spiro atoms. The van der Waals surface area contributed by atoms with Gasteiger partial charge in [0.2, 0.25) is 5.91 Å². The van der Waals surface area contributed by atoms with Crippen LogP contribution in [0.3, 0.4) is 0 Å². The van der Waals surface area contributed by atoms with Gasteiger partial charge in [-0.25, -0.2) is 4.68 Å². The van der Waals surface area contributed by atoms with Crippen molar-refractivity contribution in [3.8, 4) is 0 Å². The first-order valence-electron chi connectivity index (χ1n) is 8.57. The van der Waals surface area contributed by atoms with Crippen LogP contribution >= 0.6 is 22.9 Å². The van der Waals surface area contributed by atoms with Gasteiger partial charge >= 0.3 is 0 Å². The van der Waals surface area contributed by atoms with Crippen LogP contribution in [0, 0.1) is 0 Å². The second-order valence-electron chi connectivity index (χ2n) is 6.14. The van der Waals surface area contributed by atoms with Crippen molar-refractivity contribution in [3.63, 3.8) is 0 Å². The van der Waals surface area contributed by atoms with E-state index in [1.807, 2.05) is 47.0 Å². The van der Waals surface area contributed by atoms with Gasteiger partial charge in [-0.2, -0.15) is 5.10 Å². The Kier molecular flexibility index (Phi) is 4.72. The lowest BCUT2D eigenvalue weighted by Crippen LogP contribution is -2.35. The molecule has 0 atom stereocenters. The van der Waals surface area contributed by atoms with Gasteiger partial charge in [-0.05, 0) is 29.1 Å². The Morgan fingerprint density at radius 2 is 2.07 bits per heavy atom. The number of halogens is 1. The van der Waals surface area contributed by atoms with Crippen LogP contribution in [-0.2, 0) is 24.3 Å². The van der Waals surface area contributed by atoms with Gasteiger partial charge in [-0.15, -0.1) is 11.3 Å². The van der Waals surface area contributed by atoms with E-state index in [4.69, 9.17) is 11.6 Å². The summed E-state index contributed by atoms with van der Waals surface area (Å²) in [5.41, 5.74) is 2.07. The maximum Gasteiger partial charge on any atom is 0.291 e. The summed E-state index contributed by atoms with van der Waals surface area (Å²) >= 11 is 7.68. The Balaban J connectivity index is 1.62. The lowest BCUT2D eigenvalue weighted by atomic mass is 10.2. The molecule has 0 aliphatic rings. The molecule has 4 rings (SSSR count). The minimum Gasteiger partial charge on any atom is -0.350 e. The fourth-order valence-corrected chi connectivity index (χ4v) is 4.09. The molecule has 0 aliphatic carbocycles. The van der Waals surface area contributed by atoms with E-state index in [0.717, 1.165) is 21.6 Å². The minimum absolute atomic E-state index is 0.133. The normalized spacial score (nSPS) is 11.3. The number of hydrogen-bond acceptors (Lipinski definition) is 4. The zero-order valence-corrected chi connectivity index (χ0v) is 16.2. The van der Waals surface area contributed by atoms with Crippen LogP contribution in [0.15, 0.2) is 46.6 Å². The van der Waals surface area contributed by atoms with Crippen LogP contribution in [0.25, 0.3) is 15.7 Å². The monoisotopic (exact) mass is 400 g/mol. The smallest absolute Gasteiger partial charge is 0.291 e. The van der Waals surface area contributed by atoms with E-state index in [0.29, 0.717) is 23.5 Å². The van der Waals surface area contributed by atoms with Crippen LogP contribution in [-0.4, -0.2) is 20.1 Å². The second kappa shape index (κ2) is 7.17. The summed E-state index contributed by atoms with van der Waals surface area (Å²) in [6.45, 7) is 2.15. The molecule has 0 bridgehead atoms. The van der Waals surface area contributed by atoms with Crippen LogP contribution in [0.2, 0.25) is 5.02 Å². The maximum absolute atomic E-state index is 12.8. The summed E-state index contributed by atoms with van der Waals surface area (Å²) in [5.74, 6) is 0.459. The van der Waals surface area contributed by atoms with Gasteiger partial charge in [0.25, 0.3) is 5.56 Å². The molecular weight excluding hydrogens is 384 g/mol. The summed E-state index contributed by atoms with van der Waals surface area (Å²) in [5, 5.41) is 9.80. The highest BCUT2D eigenvalue weighted by molar-refractivity contribution is 7.17. The van der Waals surface area contributed by atoms with E-state index in [1.165, 1.54) is 4.68 Å². The summed E-state index contributed by atoms with van der Waals surface area (Å²) in [6, 6.07) is 11.2. The van der Waals surface area contributed by atoms with E-state index in [2.05, 4.69) is 10.4 Å². The molecule has 27 heavy (non-hydrogen) atoms. The van der Waals surface area contributed by atoms with Gasteiger partial charge in [0.1, 0.15) is 17.9 Å². The molecule has 0 saturated carbocycles. The molecule has 6 nitrogen and oxygen atoms in total. The Morgan fingerprint density at radius 1 is 1.26 bits per heavy atom. The van der Waals surface area contributed by atoms with Crippen molar-refractivity contribution in [1.29, 1.82) is 0 Å². The van der Waals surface area contributed by atoms with Gasteiger partial charge in [0.05, 0.1) is 10.2 Å². The summed E-state index contributed by atoms with van der Waals surface area (Å²) in [4.78, 5) is 25.2. The number of benzene rings is 1. The predicted molar refractivity (Wildman–Crippen MR) is 108 cm³/mol. The van der Waals surface area contributed by atoms with Crippen molar-refractivity contribution in [2.24, 2.45) is 0 Å². The molecule has 1 N–H and O–H groups in total. The minimum atomic E-state index is -0.288. The quantitative estimate of drug-likeness (QED) is 0.559. The molecule has 4 aromatic rings. The number of amides is 1. The average Bonchev–Trinajstić information content (AvgIpc) is 3.25. The standard InChI is InChI=1S/C19H17ClN4O2S/c1-2-17-22-23(11-18(25)21-10-12-5-3-4-6-13(12)20)19(26)15-9-16-14(24(15)17)7-8-27-16/h3-9H,2,10-11H2,1H3,(H,21,25). The fourth-order valence-electron chi connectivity index (χ4n) is 3.09. The van der Waals surface area contributed by atoms with Crippen LogP contribution in [0.4, 0.5) is 0 Å². The van der Waals surface area contributed by atoms with Crippen molar-refractivity contribution >= 4 is 44.6 Å². The molecule has 0 fully saturated rings. The fraction of sp³-hybridized carbons (Fsp3) is 0.211. The molecule has 0 aliphatic heterocycles. The van der Waals surface area contributed by atoms with Gasteiger partial charge in [-0.3, -0.25) is 14.0 Å². The van der Waals surface area contributed by atoms with Gasteiger partial charge in [0.15, 0.2) is 0 Å². The number of aromatic nitrogens is 3. The van der Waals surface area contributed by atoms with Crippen molar-refractivity contribution in [3.05, 3.63) is 68.5 Å². The number of nitrogens with one attached hydrogen (secondary N) is 1. The molecule has 0 saturated heterocycles. The highest BCUT2D eigenvalue weighted by atomic mass is 35.5. The maximum atomic E-state index is 12.8. The van der Waals surface area contributed by atoms with E-state index in [1.54, 1.807) is 17.4 Å². The average molecular weight is 401 g/mol. The summed E-state index contributed by atoms with van der Waals surface area (Å²) in [6.07, 6.45) is 0.650. The molecule has 1 aromatic carbocycles. The zero-order valence-electron chi connectivity index (χ0n) is 14.6. The van der Waals surface area contributed by atoms with Crippen LogP contribution < -0.4 is 10.9 Å². The lowest BCUT2D eigenvalue weighted by Gasteiger charge is -2.11. The Hall–Kier alpha value is -2.64. The highest BCUT2D eigenvalue weighted by Crippen LogP contribution is 2.24. The van der Waals surface area contributed by atoms with E-state index >= 15 is 0 Å². The topological polar surface area (TPSA) is 68.4 Å². The third-order valence-corrected chi connectivity index (χ3v) is 5.64. The van der Waals surface area contributed by atoms with Crippen molar-refractivity contribution in [2.75, 3.05) is 0 Å². The lowest BCUT2D eigenvalue weighted by molar-refractivity contribution is -0.122. The number of nitrogens with zero attached hydrogens (tertiary/aromatic N) is 3. The third kappa shape index (κ3) is 3.24. The largest absolute Gasteiger partial charge is 0.350 e. The number of carbonyl (C=O) groups excluding carboxylic acids is 1. The SMILES string of the molecule is CCc1nn(CC(=O)NCc2ccccc2Cl)c(=O)c2cc3sccc3n12. The molecule has 8 heteroatoms. The molecule has 3 heterocycles. The van der Waals surface area contributed by atoms with Gasteiger partial charge in [-0.1, -0.05) is 36.7 Å². The number of fused-ring (bicyclic) bond motifs is 3. The van der Waals surface area contributed by atoms with Crippen LogP contribution in [0.5, 0.6) is 0 Å². The second-order valence-corrected chi connectivity index (χ2v) is 7.49. The molecule has 1 amide bonds. The third-order valence-electron chi connectivity index (χ3n) is 4.41. The number of hydrogen-bond donors (Lipinski definition) is 1. The van der Waals surface area contributed by atoms with E-state index in [9.17, 15) is 9.59 Å². The molecular formula is C19H17ClN4O2S. The number of rotatable bonds is 5. The van der Waals surface area contributed by atoms with Gasteiger partial charge < -0.3 is 5.32 Å². The first-order chi connectivity index (χ1) is 13.1. The van der Waals surface area contributed by atoms with E-state index in [-0.39, 0.29) is 18.0 Å². The highest BCUT2D eigenvalue weighted by Gasteiger charge is 2.15. The number of carbonyl (C=O) groups is 1. The zero-order chi connectivity index (χ0) is 19.0. The van der Waals surface area contributed by atoms with E-state index < -0.39 is 0 Å². The van der Waals surface area contributed by atoms with Crippen molar-refractivity contribution < 1.29 is 4.79 Å². The van der Waals surface area contributed by atoms with Gasteiger partial charge in [0, 0.05) is 18.0 Å². The molecule has 3 aromatic heterocycles. The molecule has 138 valence electrons. The molecule has 0 radical (unpaired) electrons. The Labute approximate surface area is 164 Å². The molecule has 0 unspecified atom stereocenters. The van der Waals surface area contributed by atoms with Crippen LogP contribution in [0.1, 0.15) is 18.3 Å². The number of aryl methyl sites for hydroxylation is 1. The Morgan fingerprint density at radius 3 is 2.85 bits per heavy atom. The summed E-state index contributed by atoms with van der Waals surface area (Å²) in [7, 11) is 0. The Bertz CT molecular complexity index is 1210. The number of thiophene rings is 1. The first kappa shape index (κ1) is 17.8. The van der Waals surface area contributed by atoms with Crippen molar-refractivity contribution in [2.45, 2.75) is 26.4 Å². The predicted octanol–water partition coefficient (Wildman–Crippen LogP) is 3.24.